The van der Waals surface area contributed by atoms with Gasteiger partial charge in [0.25, 0.3) is 0 Å². The van der Waals surface area contributed by atoms with Crippen molar-refractivity contribution in [3.8, 4) is 16.9 Å². The number of benzene rings is 2. The van der Waals surface area contributed by atoms with Crippen molar-refractivity contribution in [2.24, 2.45) is 4.99 Å². The van der Waals surface area contributed by atoms with E-state index in [9.17, 15) is 18.0 Å². The molecule has 11 heteroatoms. The van der Waals surface area contributed by atoms with Crippen LogP contribution in [0, 0.1) is 11.6 Å². The fourth-order valence-electron chi connectivity index (χ4n) is 3.51. The van der Waals surface area contributed by atoms with E-state index in [0.717, 1.165) is 12.3 Å². The molecule has 0 bridgehead atoms. The van der Waals surface area contributed by atoms with E-state index in [-0.39, 0.29) is 30.4 Å². The monoisotopic (exact) mass is 461 g/mol. The first-order chi connectivity index (χ1) is 15.9. The summed E-state index contributed by atoms with van der Waals surface area (Å²) in [4.78, 5) is 23.2. The molecule has 0 saturated carbocycles. The molecule has 0 fully saturated rings. The number of nitrogens with one attached hydrogen (secondary N) is 1. The Balaban J connectivity index is 1.83. The van der Waals surface area contributed by atoms with Crippen molar-refractivity contribution in [3.05, 3.63) is 83.7 Å². The molecule has 3 aromatic rings. The molecule has 1 unspecified atom stereocenters. The normalized spacial score (nSPS) is 17.3. The minimum atomic E-state index is -3.12. The second-order valence-electron chi connectivity index (χ2n) is 6.87. The molecule has 2 heterocycles. The summed E-state index contributed by atoms with van der Waals surface area (Å²) in [6.07, 6.45) is 2.53. The van der Waals surface area contributed by atoms with Crippen LogP contribution >= 0.6 is 0 Å². The van der Waals surface area contributed by atoms with Crippen molar-refractivity contribution in [2.45, 2.75) is 12.2 Å². The molecule has 7 nitrogen and oxygen atoms in total. The van der Waals surface area contributed by atoms with Crippen molar-refractivity contribution in [1.82, 2.24) is 10.5 Å². The summed E-state index contributed by atoms with van der Waals surface area (Å²) in [7, 11) is 0. The van der Waals surface area contributed by atoms with Gasteiger partial charge in [-0.15, -0.1) is 0 Å². The highest BCUT2D eigenvalue weighted by Gasteiger charge is 2.43. The second-order valence-corrected chi connectivity index (χ2v) is 6.87. The van der Waals surface area contributed by atoms with Gasteiger partial charge in [0.15, 0.2) is 5.54 Å². The van der Waals surface area contributed by atoms with Gasteiger partial charge in [0.2, 0.25) is 0 Å². The van der Waals surface area contributed by atoms with Crippen LogP contribution in [0.3, 0.4) is 0 Å². The summed E-state index contributed by atoms with van der Waals surface area (Å²) in [5, 5.41) is 0. The number of aliphatic imine (C=N–C) groups is 1. The number of alkyl halides is 2. The van der Waals surface area contributed by atoms with E-state index in [1.807, 2.05) is 0 Å². The number of carbonyl (C=O) groups is 1. The number of ether oxygens (including phenoxy) is 2. The van der Waals surface area contributed by atoms with Crippen LogP contribution in [0.2, 0.25) is 0 Å². The second kappa shape index (κ2) is 9.15. The molecule has 0 radical (unpaired) electrons. The minimum Gasteiger partial charge on any atom is -0.460 e. The van der Waals surface area contributed by atoms with Crippen LogP contribution in [0.25, 0.3) is 11.1 Å². The molecule has 0 spiro atoms. The van der Waals surface area contributed by atoms with E-state index in [4.69, 9.17) is 4.74 Å². The van der Waals surface area contributed by atoms with Crippen molar-refractivity contribution < 1.29 is 36.7 Å². The van der Waals surface area contributed by atoms with E-state index in [2.05, 4.69) is 25.0 Å². The number of nitrogens with zero attached hydrogens (tertiary/aromatic N) is 2. The van der Waals surface area contributed by atoms with Crippen molar-refractivity contribution >= 4 is 12.5 Å². The van der Waals surface area contributed by atoms with Gasteiger partial charge in [-0.05, 0) is 35.4 Å². The topological polar surface area (TPSA) is 82.0 Å². The lowest BCUT2D eigenvalue weighted by atomic mass is 9.83. The number of hydroxylamine groups is 1. The Kier molecular flexibility index (Phi) is 6.11. The maximum Gasteiger partial charge on any atom is 0.387 e. The number of carbonyl (C=O) groups excluding carboxylic acids is 1. The number of aromatic nitrogens is 1. The average Bonchev–Trinajstić information content (AvgIpc) is 3.22. The summed E-state index contributed by atoms with van der Waals surface area (Å²) in [5.74, 6) is -1.78. The van der Waals surface area contributed by atoms with E-state index in [0.29, 0.717) is 16.7 Å². The number of hydrogen-bond acceptors (Lipinski definition) is 7. The highest BCUT2D eigenvalue weighted by molar-refractivity contribution is 5.77. The van der Waals surface area contributed by atoms with Gasteiger partial charge in [0.05, 0.1) is 6.20 Å². The first kappa shape index (κ1) is 22.1. The van der Waals surface area contributed by atoms with Gasteiger partial charge >= 0.3 is 19.1 Å². The van der Waals surface area contributed by atoms with Crippen LogP contribution in [-0.4, -0.2) is 30.7 Å². The molecule has 0 saturated heterocycles. The van der Waals surface area contributed by atoms with E-state index < -0.39 is 23.8 Å². The van der Waals surface area contributed by atoms with Crippen LogP contribution in [0.1, 0.15) is 11.1 Å². The van der Waals surface area contributed by atoms with Gasteiger partial charge in [-0.3, -0.25) is 9.78 Å². The molecule has 33 heavy (non-hydrogen) atoms. The van der Waals surface area contributed by atoms with Crippen LogP contribution in [-0.2, 0) is 19.9 Å². The maximum atomic E-state index is 15.1. The molecule has 2 aromatic carbocycles. The lowest BCUT2D eigenvalue weighted by Gasteiger charge is -2.26. The molecule has 0 aliphatic carbocycles. The van der Waals surface area contributed by atoms with Gasteiger partial charge in [-0.1, -0.05) is 18.2 Å². The van der Waals surface area contributed by atoms with Crippen LogP contribution < -0.4 is 10.2 Å². The smallest absolute Gasteiger partial charge is 0.387 e. The van der Waals surface area contributed by atoms with Gasteiger partial charge in [-0.25, -0.2) is 13.8 Å². The number of pyridine rings is 1. The Morgan fingerprint density at radius 2 is 1.94 bits per heavy atom. The summed E-state index contributed by atoms with van der Waals surface area (Å²) in [5.41, 5.74) is 2.17. The predicted octanol–water partition coefficient (Wildman–Crippen LogP) is 3.94. The molecular weight excluding hydrogens is 446 g/mol. The third-order valence-electron chi connectivity index (χ3n) is 4.89. The van der Waals surface area contributed by atoms with Crippen LogP contribution in [0.5, 0.6) is 5.75 Å². The fourth-order valence-corrected chi connectivity index (χ4v) is 3.51. The molecule has 1 aliphatic heterocycles. The number of halogens is 4. The number of hydrogen-bond donors (Lipinski definition) is 1. The maximum absolute atomic E-state index is 15.1. The first-order valence-corrected chi connectivity index (χ1v) is 9.45. The molecule has 1 atom stereocenters. The summed E-state index contributed by atoms with van der Waals surface area (Å²) in [6, 6.07) is 11.0. The number of rotatable bonds is 7. The van der Waals surface area contributed by atoms with Gasteiger partial charge in [-0.2, -0.15) is 14.3 Å². The number of amidine groups is 1. The third kappa shape index (κ3) is 4.56. The summed E-state index contributed by atoms with van der Waals surface area (Å²) in [6.45, 7) is -3.22. The minimum absolute atomic E-state index is 0.0125. The lowest BCUT2D eigenvalue weighted by molar-refractivity contribution is -0.132. The Bertz CT molecular complexity index is 1210. The van der Waals surface area contributed by atoms with E-state index >= 15 is 4.39 Å². The van der Waals surface area contributed by atoms with Crippen molar-refractivity contribution in [2.75, 3.05) is 6.61 Å². The lowest BCUT2D eigenvalue weighted by Crippen LogP contribution is -2.28. The molecule has 1 aliphatic rings. The highest BCUT2D eigenvalue weighted by Crippen LogP contribution is 2.41. The summed E-state index contributed by atoms with van der Waals surface area (Å²) < 4.78 is 63.6. The first-order valence-electron chi connectivity index (χ1n) is 9.45. The van der Waals surface area contributed by atoms with Gasteiger partial charge in [0, 0.05) is 23.4 Å². The molecular formula is C22H15F4N3O4. The molecule has 1 aromatic heterocycles. The zero-order chi connectivity index (χ0) is 23.4. The Labute approximate surface area is 184 Å². The highest BCUT2D eigenvalue weighted by atomic mass is 19.3. The summed E-state index contributed by atoms with van der Waals surface area (Å²) >= 11 is 0. The molecule has 170 valence electrons. The van der Waals surface area contributed by atoms with Crippen molar-refractivity contribution in [3.63, 3.8) is 0 Å². The van der Waals surface area contributed by atoms with Crippen LogP contribution in [0.15, 0.2) is 65.9 Å². The fraction of sp³-hybridized carbons (Fsp3) is 0.136. The zero-order valence-electron chi connectivity index (χ0n) is 16.7. The van der Waals surface area contributed by atoms with Gasteiger partial charge < -0.3 is 14.3 Å². The Morgan fingerprint density at radius 3 is 2.67 bits per heavy atom. The Morgan fingerprint density at radius 1 is 1.09 bits per heavy atom. The quantitative estimate of drug-likeness (QED) is 0.326. The molecule has 4 rings (SSSR count). The molecule has 1 N–H and O–H groups in total. The van der Waals surface area contributed by atoms with Crippen LogP contribution in [0.4, 0.5) is 17.6 Å². The van der Waals surface area contributed by atoms with Gasteiger partial charge in [0.1, 0.15) is 24.0 Å². The van der Waals surface area contributed by atoms with Crippen molar-refractivity contribution in [1.29, 1.82) is 0 Å². The standard InChI is InChI=1S/C22H15F4N3O4/c23-16-7-14(9-27-10-16)13-2-1-3-15(6-13)22(11-31-21(28-22)29-32-12-30)18-5-4-17(8-19(18)24)33-20(25)26/h1-10,12,20H,11H2,(H,28,29). The zero-order valence-corrected chi connectivity index (χ0v) is 16.7. The largest absolute Gasteiger partial charge is 0.460 e. The van der Waals surface area contributed by atoms with E-state index in [1.54, 1.807) is 24.3 Å². The average molecular weight is 461 g/mol. The Hall–Kier alpha value is -4.15. The third-order valence-corrected chi connectivity index (χ3v) is 4.89. The SMILES string of the molecule is O=CONC1=NC(c2cccc(-c3cncc(F)c3)c2)(c2ccc(OC(F)F)cc2F)CO1. The predicted molar refractivity (Wildman–Crippen MR) is 107 cm³/mol. The molecule has 0 amide bonds. The van der Waals surface area contributed by atoms with E-state index in [1.165, 1.54) is 24.4 Å².